The second-order valence-electron chi connectivity index (χ2n) is 9.08. The van der Waals surface area contributed by atoms with Crippen molar-refractivity contribution < 1.29 is 0 Å². The van der Waals surface area contributed by atoms with Gasteiger partial charge >= 0.3 is 5.69 Å². The van der Waals surface area contributed by atoms with Crippen LogP contribution in [0.15, 0.2) is 27.8 Å². The molecule has 3 aromatic rings. The Bertz CT molecular complexity index is 1230. The summed E-state index contributed by atoms with van der Waals surface area (Å²) in [5.41, 5.74) is 4.08. The van der Waals surface area contributed by atoms with Crippen LogP contribution in [-0.4, -0.2) is 25.2 Å². The van der Waals surface area contributed by atoms with E-state index in [-0.39, 0.29) is 11.2 Å². The van der Waals surface area contributed by atoms with Crippen LogP contribution in [-0.2, 0) is 20.1 Å². The normalized spacial score (nSPS) is 13.7. The van der Waals surface area contributed by atoms with Crippen molar-refractivity contribution in [3.8, 4) is 0 Å². The number of unbranched alkanes of at least 4 members (excludes halogenated alkanes) is 5. The third-order valence-corrected chi connectivity index (χ3v) is 6.75. The number of imidazole rings is 1. The van der Waals surface area contributed by atoms with Crippen molar-refractivity contribution in [2.24, 2.45) is 7.05 Å². The van der Waals surface area contributed by atoms with Crippen LogP contribution < -0.4 is 16.1 Å². The molecule has 0 amide bonds. The van der Waals surface area contributed by atoms with Gasteiger partial charge in [0.1, 0.15) is 0 Å². The monoisotopic (exact) mass is 437 g/mol. The molecule has 0 fully saturated rings. The standard InChI is InChI=1S/C25H35N5O2/c1-5-6-7-8-9-10-14-30-23(31)21-22(27(4)25(30)32)26-24-28(15-11-16-29(21)24)20-13-12-18(2)19(3)17-20/h12-13,17H,5-11,14-16H2,1-4H3. The quantitative estimate of drug-likeness (QED) is 0.490. The topological polar surface area (TPSA) is 65.1 Å². The summed E-state index contributed by atoms with van der Waals surface area (Å²) < 4.78 is 4.96. The van der Waals surface area contributed by atoms with Crippen LogP contribution in [0.25, 0.3) is 11.2 Å². The predicted octanol–water partition coefficient (Wildman–Crippen LogP) is 4.42. The molecule has 1 aliphatic rings. The summed E-state index contributed by atoms with van der Waals surface area (Å²) in [6, 6.07) is 6.39. The molecule has 0 radical (unpaired) electrons. The van der Waals surface area contributed by atoms with E-state index in [1.807, 2.05) is 4.57 Å². The Morgan fingerprint density at radius 3 is 2.47 bits per heavy atom. The molecule has 0 saturated carbocycles. The molecule has 3 heterocycles. The lowest BCUT2D eigenvalue weighted by Crippen LogP contribution is -2.40. The minimum Gasteiger partial charge on any atom is -0.312 e. The Morgan fingerprint density at radius 1 is 0.969 bits per heavy atom. The van der Waals surface area contributed by atoms with Gasteiger partial charge < -0.3 is 9.47 Å². The molecule has 7 nitrogen and oxygen atoms in total. The second kappa shape index (κ2) is 9.35. The molecular formula is C25H35N5O2. The highest BCUT2D eigenvalue weighted by molar-refractivity contribution is 5.77. The van der Waals surface area contributed by atoms with Crippen LogP contribution in [0.5, 0.6) is 0 Å². The Kier molecular flexibility index (Phi) is 6.53. The van der Waals surface area contributed by atoms with E-state index in [0.29, 0.717) is 17.7 Å². The average Bonchev–Trinajstić information content (AvgIpc) is 3.18. The lowest BCUT2D eigenvalue weighted by molar-refractivity contribution is 0.524. The SMILES string of the molecule is CCCCCCCCn1c(=O)c2c(nc3n2CCCN3c2ccc(C)c(C)c2)n(C)c1=O. The molecule has 1 aliphatic heterocycles. The second-order valence-corrected chi connectivity index (χ2v) is 9.08. The first-order chi connectivity index (χ1) is 15.4. The van der Waals surface area contributed by atoms with Crippen molar-refractivity contribution >= 4 is 22.8 Å². The fourth-order valence-corrected chi connectivity index (χ4v) is 4.65. The third kappa shape index (κ3) is 4.00. The van der Waals surface area contributed by atoms with Gasteiger partial charge in [0.25, 0.3) is 5.56 Å². The fourth-order valence-electron chi connectivity index (χ4n) is 4.65. The molecule has 2 aromatic heterocycles. The molecule has 1 aromatic carbocycles. The first-order valence-corrected chi connectivity index (χ1v) is 12.0. The molecule has 32 heavy (non-hydrogen) atoms. The number of nitrogens with zero attached hydrogens (tertiary/aromatic N) is 5. The summed E-state index contributed by atoms with van der Waals surface area (Å²) in [6.45, 7) is 8.45. The zero-order chi connectivity index (χ0) is 22.8. The van der Waals surface area contributed by atoms with Crippen LogP contribution in [0.2, 0.25) is 0 Å². The van der Waals surface area contributed by atoms with Gasteiger partial charge in [-0.25, -0.2) is 4.79 Å². The lowest BCUT2D eigenvalue weighted by atomic mass is 10.1. The zero-order valence-electron chi connectivity index (χ0n) is 19.9. The fraction of sp³-hybridized carbons (Fsp3) is 0.560. The van der Waals surface area contributed by atoms with Crippen molar-refractivity contribution in [1.29, 1.82) is 0 Å². The molecule has 4 rings (SSSR count). The van der Waals surface area contributed by atoms with Gasteiger partial charge in [-0.15, -0.1) is 0 Å². The van der Waals surface area contributed by atoms with Gasteiger partial charge in [-0.2, -0.15) is 4.98 Å². The average molecular weight is 438 g/mol. The molecule has 0 N–H and O–H groups in total. The van der Waals surface area contributed by atoms with E-state index < -0.39 is 0 Å². The van der Waals surface area contributed by atoms with E-state index >= 15 is 0 Å². The lowest BCUT2D eigenvalue weighted by Gasteiger charge is -2.29. The first kappa shape index (κ1) is 22.4. The van der Waals surface area contributed by atoms with Gasteiger partial charge in [-0.1, -0.05) is 45.1 Å². The number of hydrogen-bond donors (Lipinski definition) is 0. The summed E-state index contributed by atoms with van der Waals surface area (Å²) in [6.07, 6.45) is 7.63. The highest BCUT2D eigenvalue weighted by Gasteiger charge is 2.27. The van der Waals surface area contributed by atoms with Crippen LogP contribution in [0.3, 0.4) is 0 Å². The Labute approximate surface area is 189 Å². The zero-order valence-corrected chi connectivity index (χ0v) is 19.9. The maximum atomic E-state index is 13.4. The minimum absolute atomic E-state index is 0.211. The minimum atomic E-state index is -0.274. The van der Waals surface area contributed by atoms with Gasteiger partial charge in [0.05, 0.1) is 0 Å². The van der Waals surface area contributed by atoms with Crippen molar-refractivity contribution in [2.75, 3.05) is 11.4 Å². The number of aryl methyl sites for hydroxylation is 4. The molecule has 0 saturated heterocycles. The molecule has 0 atom stereocenters. The number of benzene rings is 1. The predicted molar refractivity (Wildman–Crippen MR) is 130 cm³/mol. The number of aromatic nitrogens is 4. The smallest absolute Gasteiger partial charge is 0.312 e. The van der Waals surface area contributed by atoms with E-state index in [9.17, 15) is 9.59 Å². The maximum Gasteiger partial charge on any atom is 0.332 e. The molecular weight excluding hydrogens is 402 g/mol. The van der Waals surface area contributed by atoms with Gasteiger partial charge in [0.15, 0.2) is 11.2 Å². The molecule has 172 valence electrons. The largest absolute Gasteiger partial charge is 0.332 e. The third-order valence-electron chi connectivity index (χ3n) is 6.75. The Balaban J connectivity index is 1.72. The first-order valence-electron chi connectivity index (χ1n) is 12.0. The highest BCUT2D eigenvalue weighted by Crippen LogP contribution is 2.31. The van der Waals surface area contributed by atoms with Crippen molar-refractivity contribution in [3.63, 3.8) is 0 Å². The summed E-state index contributed by atoms with van der Waals surface area (Å²) in [5.74, 6) is 0.749. The molecule has 0 spiro atoms. The van der Waals surface area contributed by atoms with Crippen molar-refractivity contribution in [2.45, 2.75) is 78.8 Å². The molecule has 0 bridgehead atoms. The number of fused-ring (bicyclic) bond motifs is 3. The van der Waals surface area contributed by atoms with E-state index in [0.717, 1.165) is 50.4 Å². The Morgan fingerprint density at radius 2 is 1.72 bits per heavy atom. The highest BCUT2D eigenvalue weighted by atomic mass is 16.2. The summed E-state index contributed by atoms with van der Waals surface area (Å²) in [7, 11) is 1.72. The summed E-state index contributed by atoms with van der Waals surface area (Å²) >= 11 is 0. The van der Waals surface area contributed by atoms with E-state index in [1.165, 1.54) is 39.5 Å². The van der Waals surface area contributed by atoms with Gasteiger partial charge in [0.2, 0.25) is 5.95 Å². The number of hydrogen-bond acceptors (Lipinski definition) is 4. The number of anilines is 2. The summed E-state index contributed by atoms with van der Waals surface area (Å²) in [5, 5.41) is 0. The van der Waals surface area contributed by atoms with Crippen LogP contribution >= 0.6 is 0 Å². The van der Waals surface area contributed by atoms with E-state index in [2.05, 4.69) is 43.9 Å². The van der Waals surface area contributed by atoms with Crippen molar-refractivity contribution in [3.05, 3.63) is 50.2 Å². The molecule has 0 unspecified atom stereocenters. The van der Waals surface area contributed by atoms with Crippen LogP contribution in [0.1, 0.15) is 63.0 Å². The van der Waals surface area contributed by atoms with Crippen molar-refractivity contribution in [1.82, 2.24) is 18.7 Å². The Hall–Kier alpha value is -2.83. The number of rotatable bonds is 8. The van der Waals surface area contributed by atoms with Crippen LogP contribution in [0, 0.1) is 13.8 Å². The van der Waals surface area contributed by atoms with E-state index in [1.54, 1.807) is 7.05 Å². The van der Waals surface area contributed by atoms with Crippen LogP contribution in [0.4, 0.5) is 11.6 Å². The maximum absolute atomic E-state index is 13.4. The van der Waals surface area contributed by atoms with Gasteiger partial charge in [-0.05, 0) is 49.9 Å². The van der Waals surface area contributed by atoms with Gasteiger partial charge in [0, 0.05) is 32.4 Å². The van der Waals surface area contributed by atoms with Gasteiger partial charge in [-0.3, -0.25) is 13.9 Å². The molecule has 0 aliphatic carbocycles. The summed E-state index contributed by atoms with van der Waals surface area (Å²) in [4.78, 5) is 33.4. The molecule has 7 heteroatoms. The van der Waals surface area contributed by atoms with E-state index in [4.69, 9.17) is 4.98 Å².